The van der Waals surface area contributed by atoms with Crippen LogP contribution in [0.2, 0.25) is 0 Å². The minimum absolute atomic E-state index is 0.170. The molecule has 1 aromatic rings. The molecular weight excluding hydrogens is 279 g/mol. The summed E-state index contributed by atoms with van der Waals surface area (Å²) in [6.45, 7) is 7.46. The van der Waals surface area contributed by atoms with Gasteiger partial charge in [0.25, 0.3) is 0 Å². The molecule has 1 N–H and O–H groups in total. The second-order valence-electron chi connectivity index (χ2n) is 5.59. The Kier molecular flexibility index (Phi) is 7.02. The van der Waals surface area contributed by atoms with Crippen LogP contribution in [0, 0.1) is 5.92 Å². The minimum Gasteiger partial charge on any atom is -0.406 e. The first-order valence-corrected chi connectivity index (χ1v) is 7.38. The number of nitrogens with one attached hydrogen (secondary N) is 1. The van der Waals surface area contributed by atoms with Gasteiger partial charge >= 0.3 is 6.36 Å². The Morgan fingerprint density at radius 2 is 1.76 bits per heavy atom. The molecule has 21 heavy (non-hydrogen) atoms. The Bertz CT molecular complexity index is 403. The van der Waals surface area contributed by atoms with Crippen molar-refractivity contribution in [1.82, 2.24) is 5.32 Å². The lowest BCUT2D eigenvalue weighted by molar-refractivity contribution is -0.274. The van der Waals surface area contributed by atoms with E-state index in [2.05, 4.69) is 30.8 Å². The van der Waals surface area contributed by atoms with Gasteiger partial charge in [-0.15, -0.1) is 13.2 Å². The number of benzene rings is 1. The molecule has 2 nitrogen and oxygen atoms in total. The molecule has 0 amide bonds. The quantitative estimate of drug-likeness (QED) is 0.761. The van der Waals surface area contributed by atoms with Crippen LogP contribution in [0.4, 0.5) is 13.2 Å². The fourth-order valence-electron chi connectivity index (χ4n) is 2.39. The summed E-state index contributed by atoms with van der Waals surface area (Å²) in [5.41, 5.74) is 1.03. The maximum Gasteiger partial charge on any atom is 0.573 e. The molecule has 0 radical (unpaired) electrons. The van der Waals surface area contributed by atoms with Crippen molar-refractivity contribution in [2.45, 2.75) is 52.4 Å². The van der Waals surface area contributed by atoms with E-state index in [9.17, 15) is 13.2 Å². The first-order valence-electron chi connectivity index (χ1n) is 7.38. The molecule has 120 valence electrons. The van der Waals surface area contributed by atoms with Crippen molar-refractivity contribution >= 4 is 0 Å². The van der Waals surface area contributed by atoms with Crippen LogP contribution in [0.25, 0.3) is 0 Å². The van der Waals surface area contributed by atoms with Crippen LogP contribution in [-0.4, -0.2) is 18.9 Å². The standard InChI is InChI=1S/C16H24F3NO/c1-4-9-20-13(3)10-12(2)11-14-5-7-15(8-6-14)21-16(17,18)19/h5-8,12-13,20H,4,9-11H2,1-3H3. The number of halogens is 3. The molecule has 0 aromatic heterocycles. The van der Waals surface area contributed by atoms with Gasteiger partial charge in [0, 0.05) is 6.04 Å². The van der Waals surface area contributed by atoms with E-state index in [0.717, 1.165) is 31.4 Å². The SMILES string of the molecule is CCCNC(C)CC(C)Cc1ccc(OC(F)(F)F)cc1. The summed E-state index contributed by atoms with van der Waals surface area (Å²) in [6.07, 6.45) is -1.63. The van der Waals surface area contributed by atoms with Crippen LogP contribution in [0.1, 0.15) is 39.2 Å². The lowest BCUT2D eigenvalue weighted by atomic mass is 9.95. The highest BCUT2D eigenvalue weighted by Crippen LogP contribution is 2.23. The number of hydrogen-bond donors (Lipinski definition) is 1. The van der Waals surface area contributed by atoms with Gasteiger partial charge < -0.3 is 10.1 Å². The molecule has 0 bridgehead atoms. The lowest BCUT2D eigenvalue weighted by Gasteiger charge is -2.18. The van der Waals surface area contributed by atoms with E-state index < -0.39 is 6.36 Å². The Morgan fingerprint density at radius 1 is 1.14 bits per heavy atom. The third-order valence-electron chi connectivity index (χ3n) is 3.24. The van der Waals surface area contributed by atoms with E-state index in [4.69, 9.17) is 0 Å². The molecule has 0 spiro atoms. The predicted octanol–water partition coefficient (Wildman–Crippen LogP) is 4.54. The van der Waals surface area contributed by atoms with Crippen LogP contribution >= 0.6 is 0 Å². The average molecular weight is 303 g/mol. The highest BCUT2D eigenvalue weighted by atomic mass is 19.4. The van der Waals surface area contributed by atoms with Gasteiger partial charge in [-0.05, 0) is 56.3 Å². The summed E-state index contributed by atoms with van der Waals surface area (Å²) >= 11 is 0. The molecule has 1 aromatic carbocycles. The lowest BCUT2D eigenvalue weighted by Crippen LogP contribution is -2.28. The zero-order valence-electron chi connectivity index (χ0n) is 12.8. The fraction of sp³-hybridized carbons (Fsp3) is 0.625. The molecule has 0 aliphatic heterocycles. The topological polar surface area (TPSA) is 21.3 Å². The molecule has 0 saturated heterocycles. The van der Waals surface area contributed by atoms with Crippen LogP contribution in [0.3, 0.4) is 0 Å². The highest BCUT2D eigenvalue weighted by molar-refractivity contribution is 5.27. The molecule has 5 heteroatoms. The van der Waals surface area contributed by atoms with E-state index in [1.165, 1.54) is 12.1 Å². The fourth-order valence-corrected chi connectivity index (χ4v) is 2.39. The van der Waals surface area contributed by atoms with Gasteiger partial charge in [0.15, 0.2) is 0 Å². The summed E-state index contributed by atoms with van der Waals surface area (Å²) in [5.74, 6) is 0.302. The first-order chi connectivity index (χ1) is 9.80. The van der Waals surface area contributed by atoms with E-state index in [1.54, 1.807) is 12.1 Å². The van der Waals surface area contributed by atoms with Crippen LogP contribution < -0.4 is 10.1 Å². The van der Waals surface area contributed by atoms with Crippen molar-refractivity contribution in [3.63, 3.8) is 0 Å². The van der Waals surface area contributed by atoms with Gasteiger partial charge in [0.1, 0.15) is 5.75 Å². The number of hydrogen-bond acceptors (Lipinski definition) is 2. The molecule has 0 saturated carbocycles. The highest BCUT2D eigenvalue weighted by Gasteiger charge is 2.30. The normalized spacial score (nSPS) is 14.8. The maximum atomic E-state index is 12.1. The maximum absolute atomic E-state index is 12.1. The molecule has 0 fully saturated rings. The van der Waals surface area contributed by atoms with Crippen molar-refractivity contribution in [2.24, 2.45) is 5.92 Å². The van der Waals surface area contributed by atoms with Crippen LogP contribution in [0.15, 0.2) is 24.3 Å². The molecular formula is C16H24F3NO. The predicted molar refractivity (Wildman–Crippen MR) is 78.4 cm³/mol. The second kappa shape index (κ2) is 8.27. The van der Waals surface area contributed by atoms with Gasteiger partial charge in [0.05, 0.1) is 0 Å². The molecule has 0 aliphatic rings. The summed E-state index contributed by atoms with van der Waals surface area (Å²) in [4.78, 5) is 0. The number of alkyl halides is 3. The van der Waals surface area contributed by atoms with Crippen LogP contribution in [-0.2, 0) is 6.42 Å². The van der Waals surface area contributed by atoms with E-state index in [0.29, 0.717) is 12.0 Å². The van der Waals surface area contributed by atoms with Crippen LogP contribution in [0.5, 0.6) is 5.75 Å². The summed E-state index contributed by atoms with van der Waals surface area (Å²) in [5, 5.41) is 3.44. The average Bonchev–Trinajstić information content (AvgIpc) is 2.37. The Balaban J connectivity index is 2.44. The molecule has 2 atom stereocenters. The van der Waals surface area contributed by atoms with E-state index >= 15 is 0 Å². The molecule has 1 rings (SSSR count). The smallest absolute Gasteiger partial charge is 0.406 e. The van der Waals surface area contributed by atoms with Gasteiger partial charge in [-0.25, -0.2) is 0 Å². The third-order valence-corrected chi connectivity index (χ3v) is 3.24. The van der Waals surface area contributed by atoms with Crippen molar-refractivity contribution in [3.8, 4) is 5.75 Å². The van der Waals surface area contributed by atoms with Gasteiger partial charge in [-0.1, -0.05) is 26.0 Å². The third kappa shape index (κ3) is 7.95. The van der Waals surface area contributed by atoms with Crippen molar-refractivity contribution in [2.75, 3.05) is 6.54 Å². The van der Waals surface area contributed by atoms with Gasteiger partial charge in [-0.3, -0.25) is 0 Å². The van der Waals surface area contributed by atoms with E-state index in [1.807, 2.05) is 0 Å². The Morgan fingerprint density at radius 3 is 2.29 bits per heavy atom. The zero-order valence-corrected chi connectivity index (χ0v) is 12.8. The summed E-state index contributed by atoms with van der Waals surface area (Å²) < 4.78 is 40.1. The number of rotatable bonds is 8. The summed E-state index contributed by atoms with van der Waals surface area (Å²) in [7, 11) is 0. The summed E-state index contributed by atoms with van der Waals surface area (Å²) in [6, 6.07) is 6.58. The van der Waals surface area contributed by atoms with Gasteiger partial charge in [0.2, 0.25) is 0 Å². The molecule has 0 heterocycles. The number of ether oxygens (including phenoxy) is 1. The van der Waals surface area contributed by atoms with Crippen molar-refractivity contribution in [3.05, 3.63) is 29.8 Å². The van der Waals surface area contributed by atoms with E-state index in [-0.39, 0.29) is 5.75 Å². The minimum atomic E-state index is -4.63. The molecule has 2 unspecified atom stereocenters. The second-order valence-corrected chi connectivity index (χ2v) is 5.59. The largest absolute Gasteiger partial charge is 0.573 e. The van der Waals surface area contributed by atoms with Gasteiger partial charge in [-0.2, -0.15) is 0 Å². The monoisotopic (exact) mass is 303 g/mol. The van der Waals surface area contributed by atoms with Crippen molar-refractivity contribution in [1.29, 1.82) is 0 Å². The zero-order chi connectivity index (χ0) is 15.9. The molecule has 0 aliphatic carbocycles. The van der Waals surface area contributed by atoms with Crippen molar-refractivity contribution < 1.29 is 17.9 Å². The Hall–Kier alpha value is -1.23. The Labute approximate surface area is 124 Å². The first kappa shape index (κ1) is 17.8.